The summed E-state index contributed by atoms with van der Waals surface area (Å²) in [5, 5.41) is 0. The monoisotopic (exact) mass is 344 g/mol. The molecule has 0 atom stereocenters. The van der Waals surface area contributed by atoms with Crippen molar-refractivity contribution in [2.75, 3.05) is 20.3 Å². The van der Waals surface area contributed by atoms with E-state index in [1.165, 1.54) is 0 Å². The molecule has 1 rings (SSSR count). The summed E-state index contributed by atoms with van der Waals surface area (Å²) >= 11 is 3.33. The van der Waals surface area contributed by atoms with Gasteiger partial charge >= 0.3 is 5.97 Å². The van der Waals surface area contributed by atoms with Crippen molar-refractivity contribution in [3.05, 3.63) is 22.7 Å². The largest absolute Gasteiger partial charge is 0.497 e. The molecule has 0 aliphatic heterocycles. The van der Waals surface area contributed by atoms with Crippen LogP contribution in [-0.2, 0) is 14.3 Å². The van der Waals surface area contributed by atoms with Gasteiger partial charge in [0, 0.05) is 6.42 Å². The number of benzene rings is 1. The van der Waals surface area contributed by atoms with Crippen LogP contribution in [0.25, 0.3) is 0 Å². The van der Waals surface area contributed by atoms with E-state index < -0.39 is 0 Å². The molecule has 0 saturated carbocycles. The molecule has 0 amide bonds. The first kappa shape index (κ1) is 16.5. The zero-order chi connectivity index (χ0) is 15.0. The normalized spacial score (nSPS) is 9.95. The fourth-order valence-corrected chi connectivity index (χ4v) is 1.90. The highest BCUT2D eigenvalue weighted by Crippen LogP contribution is 2.29. The Bertz CT molecular complexity index is 473. The van der Waals surface area contributed by atoms with Crippen LogP contribution in [0.4, 0.5) is 0 Å². The van der Waals surface area contributed by atoms with Crippen molar-refractivity contribution < 1.29 is 23.8 Å². The standard InChI is InChI=1S/C14H17BrO5/c1-3-19-14(17)7-4-10(16)9-20-13-6-5-11(18-2)8-12(13)15/h5-6,8H,3-4,7,9H2,1-2H3. The van der Waals surface area contributed by atoms with Crippen LogP contribution in [0, 0.1) is 0 Å². The van der Waals surface area contributed by atoms with Gasteiger partial charge in [0.2, 0.25) is 0 Å². The number of carbonyl (C=O) groups excluding carboxylic acids is 2. The molecule has 1 aromatic carbocycles. The summed E-state index contributed by atoms with van der Waals surface area (Å²) in [5.74, 6) is 0.723. The van der Waals surface area contributed by atoms with Gasteiger partial charge in [0.25, 0.3) is 0 Å². The number of rotatable bonds is 8. The Labute approximate surface area is 126 Å². The average Bonchev–Trinajstić information content (AvgIpc) is 2.44. The zero-order valence-corrected chi connectivity index (χ0v) is 13.1. The van der Waals surface area contributed by atoms with Crippen LogP contribution in [0.2, 0.25) is 0 Å². The van der Waals surface area contributed by atoms with Gasteiger partial charge in [-0.3, -0.25) is 9.59 Å². The number of ether oxygens (including phenoxy) is 3. The minimum absolute atomic E-state index is 0.0790. The van der Waals surface area contributed by atoms with Crippen molar-refractivity contribution in [2.24, 2.45) is 0 Å². The maximum absolute atomic E-state index is 11.6. The molecule has 1 aromatic rings. The van der Waals surface area contributed by atoms with Gasteiger partial charge in [0.15, 0.2) is 5.78 Å². The predicted molar refractivity (Wildman–Crippen MR) is 77.1 cm³/mol. The van der Waals surface area contributed by atoms with E-state index in [4.69, 9.17) is 14.2 Å². The SMILES string of the molecule is CCOC(=O)CCC(=O)COc1ccc(OC)cc1Br. The van der Waals surface area contributed by atoms with Crippen LogP contribution in [0.5, 0.6) is 11.5 Å². The number of carbonyl (C=O) groups is 2. The van der Waals surface area contributed by atoms with E-state index in [1.54, 1.807) is 32.2 Å². The first-order valence-electron chi connectivity index (χ1n) is 6.20. The van der Waals surface area contributed by atoms with Gasteiger partial charge in [-0.2, -0.15) is 0 Å². The summed E-state index contributed by atoms with van der Waals surface area (Å²) in [5.41, 5.74) is 0. The topological polar surface area (TPSA) is 61.8 Å². The van der Waals surface area contributed by atoms with Crippen LogP contribution in [0.15, 0.2) is 22.7 Å². The van der Waals surface area contributed by atoms with Crippen molar-refractivity contribution in [3.8, 4) is 11.5 Å². The van der Waals surface area contributed by atoms with Gasteiger partial charge < -0.3 is 14.2 Å². The minimum atomic E-state index is -0.369. The van der Waals surface area contributed by atoms with Crippen molar-refractivity contribution in [1.82, 2.24) is 0 Å². The van der Waals surface area contributed by atoms with E-state index in [9.17, 15) is 9.59 Å². The number of esters is 1. The van der Waals surface area contributed by atoms with Gasteiger partial charge in [-0.15, -0.1) is 0 Å². The van der Waals surface area contributed by atoms with Crippen LogP contribution in [0.3, 0.4) is 0 Å². The number of halogens is 1. The Balaban J connectivity index is 2.39. The molecule has 6 heteroatoms. The van der Waals surface area contributed by atoms with Gasteiger partial charge in [0.1, 0.15) is 18.1 Å². The molecular weight excluding hydrogens is 328 g/mol. The summed E-state index contributed by atoms with van der Waals surface area (Å²) in [6, 6.07) is 5.20. The molecule has 0 aliphatic rings. The lowest BCUT2D eigenvalue weighted by Crippen LogP contribution is -2.14. The van der Waals surface area contributed by atoms with E-state index >= 15 is 0 Å². The second kappa shape index (κ2) is 8.58. The highest BCUT2D eigenvalue weighted by Gasteiger charge is 2.10. The molecule has 0 heterocycles. The third-order valence-electron chi connectivity index (χ3n) is 2.44. The lowest BCUT2D eigenvalue weighted by Gasteiger charge is -2.08. The average molecular weight is 345 g/mol. The summed E-state index contributed by atoms with van der Waals surface area (Å²) in [7, 11) is 1.57. The molecule has 0 aromatic heterocycles. The van der Waals surface area contributed by atoms with E-state index in [2.05, 4.69) is 15.9 Å². The summed E-state index contributed by atoms with van der Waals surface area (Å²) in [4.78, 5) is 22.7. The quantitative estimate of drug-likeness (QED) is 0.678. The maximum Gasteiger partial charge on any atom is 0.306 e. The van der Waals surface area contributed by atoms with Crippen molar-refractivity contribution in [2.45, 2.75) is 19.8 Å². The smallest absolute Gasteiger partial charge is 0.306 e. The van der Waals surface area contributed by atoms with Crippen LogP contribution < -0.4 is 9.47 Å². The van der Waals surface area contributed by atoms with Gasteiger partial charge in [-0.25, -0.2) is 0 Å². The number of ketones is 1. The van der Waals surface area contributed by atoms with Crippen molar-refractivity contribution in [3.63, 3.8) is 0 Å². The minimum Gasteiger partial charge on any atom is -0.497 e. The van der Waals surface area contributed by atoms with Gasteiger partial charge in [0.05, 0.1) is 24.6 Å². The third-order valence-corrected chi connectivity index (χ3v) is 3.06. The molecule has 0 N–H and O–H groups in total. The number of hydrogen-bond donors (Lipinski definition) is 0. The first-order chi connectivity index (χ1) is 9.56. The molecule has 20 heavy (non-hydrogen) atoms. The first-order valence-corrected chi connectivity index (χ1v) is 6.99. The molecular formula is C14H17BrO5. The Morgan fingerprint density at radius 1 is 1.25 bits per heavy atom. The zero-order valence-electron chi connectivity index (χ0n) is 11.5. The molecule has 0 spiro atoms. The molecule has 5 nitrogen and oxygen atoms in total. The number of hydrogen-bond acceptors (Lipinski definition) is 5. The summed E-state index contributed by atoms with van der Waals surface area (Å²) in [6.07, 6.45) is 0.201. The second-order valence-corrected chi connectivity index (χ2v) is 4.78. The van der Waals surface area contributed by atoms with Crippen LogP contribution >= 0.6 is 15.9 Å². The lowest BCUT2D eigenvalue weighted by atomic mass is 10.2. The summed E-state index contributed by atoms with van der Waals surface area (Å²) in [6.45, 7) is 1.97. The Morgan fingerprint density at radius 3 is 2.60 bits per heavy atom. The van der Waals surface area contributed by atoms with E-state index in [0.29, 0.717) is 22.6 Å². The van der Waals surface area contributed by atoms with Crippen LogP contribution in [0.1, 0.15) is 19.8 Å². The Morgan fingerprint density at radius 2 is 2.00 bits per heavy atom. The number of methoxy groups -OCH3 is 1. The highest BCUT2D eigenvalue weighted by molar-refractivity contribution is 9.10. The molecule has 0 radical (unpaired) electrons. The van der Waals surface area contributed by atoms with Crippen molar-refractivity contribution >= 4 is 27.7 Å². The molecule has 0 aliphatic carbocycles. The molecule has 110 valence electrons. The molecule has 0 saturated heterocycles. The molecule has 0 unspecified atom stereocenters. The highest BCUT2D eigenvalue weighted by atomic mass is 79.9. The van der Waals surface area contributed by atoms with Gasteiger partial charge in [-0.05, 0) is 41.1 Å². The lowest BCUT2D eigenvalue weighted by molar-refractivity contribution is -0.144. The Hall–Kier alpha value is -1.56. The fourth-order valence-electron chi connectivity index (χ4n) is 1.43. The predicted octanol–water partition coefficient (Wildman–Crippen LogP) is 2.75. The second-order valence-electron chi connectivity index (χ2n) is 3.93. The molecule has 0 fully saturated rings. The third kappa shape index (κ3) is 5.61. The van der Waals surface area contributed by atoms with E-state index in [1.807, 2.05) is 0 Å². The van der Waals surface area contributed by atoms with E-state index in [0.717, 1.165) is 0 Å². The Kier molecular flexibility index (Phi) is 7.08. The molecule has 0 bridgehead atoms. The van der Waals surface area contributed by atoms with Crippen LogP contribution in [-0.4, -0.2) is 32.1 Å². The fraction of sp³-hybridized carbons (Fsp3) is 0.429. The maximum atomic E-state index is 11.6. The number of Topliss-reactive ketones (excluding diaryl/α,β-unsaturated/α-hetero) is 1. The van der Waals surface area contributed by atoms with Crippen molar-refractivity contribution in [1.29, 1.82) is 0 Å². The van der Waals surface area contributed by atoms with Gasteiger partial charge in [-0.1, -0.05) is 0 Å². The summed E-state index contributed by atoms with van der Waals surface area (Å²) < 4.78 is 15.9. The van der Waals surface area contributed by atoms with E-state index in [-0.39, 0.29) is 31.2 Å².